The summed E-state index contributed by atoms with van der Waals surface area (Å²) in [6, 6.07) is 8.39. The topological polar surface area (TPSA) is 58.5 Å². The standard InChI is InChI=1S/C15H19N5/c1-10-12(9-17-19-10)8-16-11(2)15-18-13-6-4-5-7-14(13)20(15)3/h4-7,9,11,16H,8H2,1-3H3,(H,17,19). The van der Waals surface area contributed by atoms with Gasteiger partial charge in [-0.3, -0.25) is 5.10 Å². The van der Waals surface area contributed by atoms with E-state index >= 15 is 0 Å². The van der Waals surface area contributed by atoms with Crippen LogP contribution in [0.5, 0.6) is 0 Å². The zero-order valence-corrected chi connectivity index (χ0v) is 12.0. The number of H-pyrrole nitrogens is 1. The summed E-state index contributed by atoms with van der Waals surface area (Å²) in [5, 5.41) is 10.5. The van der Waals surface area contributed by atoms with Gasteiger partial charge < -0.3 is 9.88 Å². The molecule has 0 bridgehead atoms. The monoisotopic (exact) mass is 269 g/mol. The maximum Gasteiger partial charge on any atom is 0.126 e. The lowest BCUT2D eigenvalue weighted by molar-refractivity contribution is 0.532. The lowest BCUT2D eigenvalue weighted by Crippen LogP contribution is -2.21. The van der Waals surface area contributed by atoms with Crippen LogP contribution in [0, 0.1) is 6.92 Å². The van der Waals surface area contributed by atoms with Crippen LogP contribution in [-0.4, -0.2) is 19.7 Å². The number of hydrogen-bond donors (Lipinski definition) is 2. The molecule has 0 aliphatic carbocycles. The van der Waals surface area contributed by atoms with E-state index < -0.39 is 0 Å². The van der Waals surface area contributed by atoms with Gasteiger partial charge in [0.25, 0.3) is 0 Å². The number of aryl methyl sites for hydroxylation is 2. The van der Waals surface area contributed by atoms with Gasteiger partial charge in [0.05, 0.1) is 23.3 Å². The predicted molar refractivity (Wildman–Crippen MR) is 79.3 cm³/mol. The van der Waals surface area contributed by atoms with Crippen molar-refractivity contribution in [1.29, 1.82) is 0 Å². The van der Waals surface area contributed by atoms with Gasteiger partial charge in [0.1, 0.15) is 5.82 Å². The van der Waals surface area contributed by atoms with Gasteiger partial charge in [-0.15, -0.1) is 0 Å². The van der Waals surface area contributed by atoms with E-state index in [4.69, 9.17) is 4.98 Å². The molecule has 1 unspecified atom stereocenters. The van der Waals surface area contributed by atoms with Crippen molar-refractivity contribution in [3.05, 3.63) is 47.5 Å². The number of aromatic amines is 1. The first-order chi connectivity index (χ1) is 9.66. The largest absolute Gasteiger partial charge is 0.330 e. The zero-order chi connectivity index (χ0) is 14.1. The molecule has 2 N–H and O–H groups in total. The highest BCUT2D eigenvalue weighted by Crippen LogP contribution is 2.19. The van der Waals surface area contributed by atoms with Gasteiger partial charge in [-0.2, -0.15) is 5.10 Å². The van der Waals surface area contributed by atoms with Crippen LogP contribution in [0.4, 0.5) is 0 Å². The van der Waals surface area contributed by atoms with Crippen molar-refractivity contribution >= 4 is 11.0 Å². The van der Waals surface area contributed by atoms with Gasteiger partial charge >= 0.3 is 0 Å². The number of imidazole rings is 1. The van der Waals surface area contributed by atoms with Gasteiger partial charge in [0, 0.05) is 24.8 Å². The van der Waals surface area contributed by atoms with E-state index in [1.54, 1.807) is 0 Å². The number of rotatable bonds is 4. The molecule has 0 saturated heterocycles. The van der Waals surface area contributed by atoms with Crippen molar-refractivity contribution < 1.29 is 0 Å². The zero-order valence-electron chi connectivity index (χ0n) is 12.0. The highest BCUT2D eigenvalue weighted by molar-refractivity contribution is 5.75. The van der Waals surface area contributed by atoms with Crippen molar-refractivity contribution in [2.24, 2.45) is 7.05 Å². The molecule has 2 aromatic heterocycles. The molecule has 0 aliphatic rings. The van der Waals surface area contributed by atoms with E-state index in [0.717, 1.165) is 29.1 Å². The summed E-state index contributed by atoms with van der Waals surface area (Å²) in [4.78, 5) is 4.71. The predicted octanol–water partition coefficient (Wildman–Crippen LogP) is 2.46. The van der Waals surface area contributed by atoms with Gasteiger partial charge in [-0.05, 0) is 26.0 Å². The molecule has 20 heavy (non-hydrogen) atoms. The third-order valence-electron chi connectivity index (χ3n) is 3.74. The second kappa shape index (κ2) is 5.09. The molecule has 3 aromatic rings. The average Bonchev–Trinajstić information content (AvgIpc) is 3.01. The number of para-hydroxylation sites is 2. The Kier molecular flexibility index (Phi) is 3.28. The van der Waals surface area contributed by atoms with Crippen molar-refractivity contribution in [1.82, 2.24) is 25.1 Å². The van der Waals surface area contributed by atoms with Crippen LogP contribution in [0.2, 0.25) is 0 Å². The number of hydrogen-bond acceptors (Lipinski definition) is 3. The summed E-state index contributed by atoms with van der Waals surface area (Å²) in [5.74, 6) is 1.05. The van der Waals surface area contributed by atoms with Gasteiger partial charge in [0.15, 0.2) is 0 Å². The Morgan fingerprint density at radius 2 is 2.15 bits per heavy atom. The first-order valence-electron chi connectivity index (χ1n) is 6.80. The lowest BCUT2D eigenvalue weighted by Gasteiger charge is -2.13. The van der Waals surface area contributed by atoms with E-state index in [9.17, 15) is 0 Å². The maximum absolute atomic E-state index is 4.71. The summed E-state index contributed by atoms with van der Waals surface area (Å²) in [5.41, 5.74) is 4.50. The Labute approximate surface area is 118 Å². The van der Waals surface area contributed by atoms with Crippen LogP contribution in [-0.2, 0) is 13.6 Å². The first-order valence-corrected chi connectivity index (χ1v) is 6.80. The molecule has 104 valence electrons. The molecular formula is C15H19N5. The number of nitrogens with one attached hydrogen (secondary N) is 2. The molecule has 5 heteroatoms. The van der Waals surface area contributed by atoms with Crippen molar-refractivity contribution in [2.75, 3.05) is 0 Å². The molecule has 5 nitrogen and oxygen atoms in total. The number of fused-ring (bicyclic) bond motifs is 1. The van der Waals surface area contributed by atoms with E-state index in [1.807, 2.05) is 31.3 Å². The van der Waals surface area contributed by atoms with Crippen LogP contribution in [0.3, 0.4) is 0 Å². The van der Waals surface area contributed by atoms with Gasteiger partial charge in [-0.1, -0.05) is 12.1 Å². The van der Waals surface area contributed by atoms with Crippen LogP contribution in [0.1, 0.15) is 30.0 Å². The molecule has 0 amide bonds. The fourth-order valence-electron chi connectivity index (χ4n) is 2.46. The Hall–Kier alpha value is -2.14. The molecule has 0 fully saturated rings. The Balaban J connectivity index is 1.80. The highest BCUT2D eigenvalue weighted by Gasteiger charge is 2.14. The smallest absolute Gasteiger partial charge is 0.126 e. The minimum absolute atomic E-state index is 0.182. The van der Waals surface area contributed by atoms with E-state index in [2.05, 4.69) is 40.1 Å². The second-order valence-electron chi connectivity index (χ2n) is 5.14. The summed E-state index contributed by atoms with van der Waals surface area (Å²) in [6.45, 7) is 4.95. The van der Waals surface area contributed by atoms with Crippen molar-refractivity contribution in [3.8, 4) is 0 Å². The fourth-order valence-corrected chi connectivity index (χ4v) is 2.46. The van der Waals surface area contributed by atoms with E-state index in [1.165, 1.54) is 5.56 Å². The summed E-state index contributed by atoms with van der Waals surface area (Å²) >= 11 is 0. The molecule has 0 aliphatic heterocycles. The molecule has 0 saturated carbocycles. The Morgan fingerprint density at radius 3 is 2.85 bits per heavy atom. The molecule has 0 spiro atoms. The molecule has 2 heterocycles. The van der Waals surface area contributed by atoms with E-state index in [-0.39, 0.29) is 6.04 Å². The summed E-state index contributed by atoms with van der Waals surface area (Å²) < 4.78 is 2.15. The third kappa shape index (κ3) is 2.20. The quantitative estimate of drug-likeness (QED) is 0.765. The minimum Gasteiger partial charge on any atom is -0.330 e. The highest BCUT2D eigenvalue weighted by atomic mass is 15.1. The average molecular weight is 269 g/mol. The second-order valence-corrected chi connectivity index (χ2v) is 5.14. The van der Waals surface area contributed by atoms with Gasteiger partial charge in [0.2, 0.25) is 0 Å². The Bertz CT molecular complexity index is 725. The normalized spacial score (nSPS) is 12.9. The van der Waals surface area contributed by atoms with Crippen LogP contribution in [0.15, 0.2) is 30.5 Å². The first kappa shape index (κ1) is 12.9. The molecule has 0 radical (unpaired) electrons. The number of nitrogens with zero attached hydrogens (tertiary/aromatic N) is 3. The number of benzene rings is 1. The minimum atomic E-state index is 0.182. The Morgan fingerprint density at radius 1 is 1.35 bits per heavy atom. The fraction of sp³-hybridized carbons (Fsp3) is 0.333. The molecule has 1 atom stereocenters. The number of aromatic nitrogens is 4. The van der Waals surface area contributed by atoms with Crippen molar-refractivity contribution in [2.45, 2.75) is 26.4 Å². The molecule has 3 rings (SSSR count). The molecular weight excluding hydrogens is 250 g/mol. The van der Waals surface area contributed by atoms with Crippen molar-refractivity contribution in [3.63, 3.8) is 0 Å². The SMILES string of the molecule is Cc1[nH]ncc1CNC(C)c1nc2ccccc2n1C. The third-order valence-corrected chi connectivity index (χ3v) is 3.74. The maximum atomic E-state index is 4.71. The summed E-state index contributed by atoms with van der Waals surface area (Å²) in [7, 11) is 2.06. The van der Waals surface area contributed by atoms with Gasteiger partial charge in [-0.25, -0.2) is 4.98 Å². The lowest BCUT2D eigenvalue weighted by atomic mass is 10.2. The van der Waals surface area contributed by atoms with Crippen LogP contribution in [0.25, 0.3) is 11.0 Å². The molecule has 1 aromatic carbocycles. The van der Waals surface area contributed by atoms with Crippen LogP contribution < -0.4 is 5.32 Å². The van der Waals surface area contributed by atoms with E-state index in [0.29, 0.717) is 0 Å². The summed E-state index contributed by atoms with van der Waals surface area (Å²) in [6.07, 6.45) is 1.87. The van der Waals surface area contributed by atoms with Crippen LogP contribution >= 0.6 is 0 Å².